The van der Waals surface area contributed by atoms with E-state index in [9.17, 15) is 53.1 Å². The molecule has 1 aromatic rings. The minimum Gasteiger partial charge on any atom is -0.394 e. The van der Waals surface area contributed by atoms with Gasteiger partial charge >= 0.3 is 0 Å². The lowest BCUT2D eigenvalue weighted by Crippen LogP contribution is -2.61. The van der Waals surface area contributed by atoms with Gasteiger partial charge in [0.25, 0.3) is 0 Å². The second kappa shape index (κ2) is 36.8. The summed E-state index contributed by atoms with van der Waals surface area (Å²) < 4.78 is 0. The Hall–Kier alpha value is -6.03. The van der Waals surface area contributed by atoms with Gasteiger partial charge in [0.15, 0.2) is 5.96 Å². The van der Waals surface area contributed by atoms with Crippen molar-refractivity contribution in [2.45, 2.75) is 139 Å². The Kier molecular flexibility index (Phi) is 32.8. The second-order valence-electron chi connectivity index (χ2n) is 17.6. The largest absolute Gasteiger partial charge is 0.394 e. The molecule has 27 heteroatoms. The van der Waals surface area contributed by atoms with Crippen LogP contribution in [0.2, 0.25) is 0 Å². The first-order valence-corrected chi connectivity index (χ1v) is 27.2. The fourth-order valence-corrected chi connectivity index (χ4v) is 7.90. The molecule has 25 nitrogen and oxygen atoms in total. The van der Waals surface area contributed by atoms with Crippen LogP contribution in [0.25, 0.3) is 0 Å². The van der Waals surface area contributed by atoms with Crippen LogP contribution in [0.5, 0.6) is 0 Å². The number of carbonyl (C=O) groups excluding carboxylic acids is 10. The van der Waals surface area contributed by atoms with Gasteiger partial charge in [-0.25, -0.2) is 0 Å². The zero-order valence-electron chi connectivity index (χ0n) is 43.0. The van der Waals surface area contributed by atoms with Crippen molar-refractivity contribution >= 4 is 88.9 Å². The van der Waals surface area contributed by atoms with Crippen LogP contribution < -0.4 is 71.2 Å². The zero-order valence-corrected chi connectivity index (χ0v) is 44.7. The van der Waals surface area contributed by atoms with E-state index in [1.54, 1.807) is 43.5 Å². The number of amides is 9. The Morgan fingerprint density at radius 2 is 1.11 bits per heavy atom. The summed E-state index contributed by atoms with van der Waals surface area (Å²) in [5, 5.41) is 30.7. The zero-order chi connectivity index (χ0) is 55.8. The van der Waals surface area contributed by atoms with Crippen LogP contribution in [-0.4, -0.2) is 169 Å². The number of hydrogen-bond acceptors (Lipinski definition) is 16. The summed E-state index contributed by atoms with van der Waals surface area (Å²) in [7, 11) is 0. The molecule has 74 heavy (non-hydrogen) atoms. The first-order valence-electron chi connectivity index (χ1n) is 24.5. The molecule has 0 radical (unpaired) electrons. The number of carbonyl (C=O) groups is 10. The Morgan fingerprint density at radius 3 is 1.62 bits per heavy atom. The van der Waals surface area contributed by atoms with Crippen molar-refractivity contribution in [1.29, 1.82) is 0 Å². The van der Waals surface area contributed by atoms with Crippen LogP contribution >= 0.6 is 23.5 Å². The minimum atomic E-state index is -1.76. The quantitative estimate of drug-likeness (QED) is 0.0131. The van der Waals surface area contributed by atoms with Gasteiger partial charge in [0.05, 0.1) is 25.1 Å². The van der Waals surface area contributed by atoms with Crippen LogP contribution in [0.3, 0.4) is 0 Å². The Labute approximate surface area is 441 Å². The summed E-state index contributed by atoms with van der Waals surface area (Å²) in [6, 6.07) is -2.94. The second-order valence-corrected chi connectivity index (χ2v) is 19.6. The van der Waals surface area contributed by atoms with E-state index < -0.39 is 121 Å². The average molecular weight is 1080 g/mol. The molecule has 0 aliphatic rings. The predicted octanol–water partition coefficient (Wildman–Crippen LogP) is -3.74. The van der Waals surface area contributed by atoms with E-state index in [1.165, 1.54) is 30.4 Å². The van der Waals surface area contributed by atoms with Crippen LogP contribution in [0.15, 0.2) is 35.3 Å². The highest BCUT2D eigenvalue weighted by Gasteiger charge is 2.35. The lowest BCUT2D eigenvalue weighted by molar-refractivity contribution is -0.137. The minimum absolute atomic E-state index is 0.0196. The molecule has 0 aromatic heterocycles. The van der Waals surface area contributed by atoms with Gasteiger partial charge in [-0.05, 0) is 93.9 Å². The normalized spacial score (nSPS) is 15.0. The molecule has 0 aliphatic carbocycles. The summed E-state index contributed by atoms with van der Waals surface area (Å²) in [6.07, 6.45) is 5.44. The first-order chi connectivity index (χ1) is 35.2. The highest BCUT2D eigenvalue weighted by Crippen LogP contribution is 2.11. The summed E-state index contributed by atoms with van der Waals surface area (Å²) in [5.41, 5.74) is 28.6. The molecule has 9 amide bonds. The number of aliphatic imine (C=N–C) groups is 1. The van der Waals surface area contributed by atoms with Crippen LogP contribution in [0.4, 0.5) is 0 Å². The van der Waals surface area contributed by atoms with Gasteiger partial charge in [0.2, 0.25) is 53.2 Å². The molecule has 0 saturated carbocycles. The van der Waals surface area contributed by atoms with Crippen molar-refractivity contribution in [2.75, 3.05) is 43.7 Å². The maximum Gasteiger partial charge on any atom is 0.245 e. The van der Waals surface area contributed by atoms with Gasteiger partial charge in [0, 0.05) is 13.0 Å². The van der Waals surface area contributed by atoms with Gasteiger partial charge in [-0.3, -0.25) is 48.1 Å². The van der Waals surface area contributed by atoms with Crippen molar-refractivity contribution in [2.24, 2.45) is 39.6 Å². The van der Waals surface area contributed by atoms with Gasteiger partial charge in [-0.1, -0.05) is 50.6 Å². The number of nitrogens with one attached hydrogen (secondary N) is 8. The fraction of sp³-hybridized carbons (Fsp3) is 0.638. The van der Waals surface area contributed by atoms with Crippen LogP contribution in [0.1, 0.15) is 84.1 Å². The molecular weight excluding hydrogens is 1000 g/mol. The molecule has 0 heterocycles. The van der Waals surface area contributed by atoms with E-state index >= 15 is 0 Å². The van der Waals surface area contributed by atoms with E-state index in [-0.39, 0.29) is 57.1 Å². The van der Waals surface area contributed by atoms with Crippen molar-refractivity contribution in [3.63, 3.8) is 0 Å². The predicted molar refractivity (Wildman–Crippen MR) is 284 cm³/mol. The fourth-order valence-electron chi connectivity index (χ4n) is 6.96. The molecule has 0 saturated heterocycles. The van der Waals surface area contributed by atoms with Gasteiger partial charge < -0.3 is 81.1 Å². The first kappa shape index (κ1) is 66.0. The SMILES string of the molecule is CC[C@H](C)[C@H](N)C(=O)N[C@@H](CCSC)C(=O)N[C@@H](Cc1ccccc1)C(=O)N[C@@H](CO)C(=O)N[C@@H](CC(N)=O)C(=O)N[C@@H](CCCCN)C(=O)N[C@@H](CCSC)C(=O)N[C@@H](C)C(=O)N[C@H](C=O)CCCN=C(N)N. The van der Waals surface area contributed by atoms with E-state index in [0.717, 1.165) is 0 Å². The molecule has 0 unspecified atom stereocenters. The van der Waals surface area contributed by atoms with E-state index in [2.05, 4.69) is 47.5 Å². The van der Waals surface area contributed by atoms with Crippen LogP contribution in [0, 0.1) is 5.92 Å². The van der Waals surface area contributed by atoms with E-state index in [1.807, 2.05) is 13.2 Å². The number of primary amides is 1. The lowest BCUT2D eigenvalue weighted by Gasteiger charge is -2.27. The third kappa shape index (κ3) is 25.8. The van der Waals surface area contributed by atoms with E-state index in [0.29, 0.717) is 49.0 Å². The molecule has 10 atom stereocenters. The number of aldehydes is 1. The number of unbranched alkanes of at least 4 members (excludes halogenated alkanes) is 1. The monoisotopic (exact) mass is 1080 g/mol. The molecule has 0 spiro atoms. The number of thioether (sulfide) groups is 2. The van der Waals surface area contributed by atoms with Crippen molar-refractivity contribution in [3.05, 3.63) is 35.9 Å². The third-order valence-electron chi connectivity index (χ3n) is 11.6. The lowest BCUT2D eigenvalue weighted by atomic mass is 9.99. The number of hydrogen-bond donors (Lipinski definition) is 14. The number of guanidine groups is 1. The molecule has 416 valence electrons. The molecule has 1 aromatic carbocycles. The molecule has 19 N–H and O–H groups in total. The number of nitrogens with zero attached hydrogens (tertiary/aromatic N) is 1. The Bertz CT molecular complexity index is 2000. The smallest absolute Gasteiger partial charge is 0.245 e. The summed E-state index contributed by atoms with van der Waals surface area (Å²) in [5.74, 6) is -7.16. The van der Waals surface area contributed by atoms with Crippen LogP contribution in [-0.2, 0) is 54.4 Å². The maximum absolute atomic E-state index is 14.0. The summed E-state index contributed by atoms with van der Waals surface area (Å²) in [6.45, 7) is 4.50. The van der Waals surface area contributed by atoms with E-state index in [4.69, 9.17) is 28.7 Å². The molecule has 0 fully saturated rings. The molecule has 0 aliphatic heterocycles. The number of aliphatic hydroxyl groups is 1. The number of nitrogens with two attached hydrogens (primary N) is 5. The van der Waals surface area contributed by atoms with Crippen molar-refractivity contribution in [3.8, 4) is 0 Å². The molecular formula is C47H80N14O11S2. The summed E-state index contributed by atoms with van der Waals surface area (Å²) in [4.78, 5) is 137. The Balaban J connectivity index is 3.35. The van der Waals surface area contributed by atoms with Gasteiger partial charge in [0.1, 0.15) is 48.6 Å². The third-order valence-corrected chi connectivity index (χ3v) is 12.9. The van der Waals surface area contributed by atoms with Gasteiger partial charge in [-0.15, -0.1) is 0 Å². The topological polar surface area (TPSA) is 430 Å². The maximum atomic E-state index is 14.0. The summed E-state index contributed by atoms with van der Waals surface area (Å²) >= 11 is 2.80. The number of rotatable bonds is 38. The molecule has 1 rings (SSSR count). The highest BCUT2D eigenvalue weighted by molar-refractivity contribution is 7.98. The van der Waals surface area contributed by atoms with Gasteiger partial charge in [-0.2, -0.15) is 23.5 Å². The highest BCUT2D eigenvalue weighted by atomic mass is 32.2. The van der Waals surface area contributed by atoms with Crippen molar-refractivity contribution < 1.29 is 53.1 Å². The average Bonchev–Trinajstić information content (AvgIpc) is 3.37. The van der Waals surface area contributed by atoms with Crippen molar-refractivity contribution in [1.82, 2.24) is 42.5 Å². The standard InChI is InChI=1S/C47H80N14O11S2/c1-6-27(2)38(50)46(72)58-33(18-22-74-5)42(68)59-34(23-29-13-8-7-9-14-29)43(69)61-36(26-63)45(71)60-35(24-37(49)64)44(70)56-31(16-10-11-19-48)41(67)57-32(17-21-73-4)40(66)54-28(3)39(65)55-30(25-62)15-12-20-53-47(51)52/h7-9,13-14,25,27-28,30-36,38,63H,6,10-12,15-24,26,48,50H2,1-5H3,(H2,49,64)(H,54,66)(H,55,65)(H,56,70)(H,57,67)(H,58,72)(H,59,68)(H,60,71)(H,61,69)(H4,51,52,53)/t27-,28-,30-,31-,32-,33-,34-,35-,36-,38-/m0/s1. The number of aliphatic hydroxyl groups excluding tert-OH is 1. The Morgan fingerprint density at radius 1 is 0.622 bits per heavy atom. The molecule has 0 bridgehead atoms. The number of benzene rings is 1.